The Morgan fingerprint density at radius 2 is 2.15 bits per heavy atom. The topological polar surface area (TPSA) is 49.3 Å². The molecule has 1 aromatic rings. The molecule has 0 bridgehead atoms. The molecule has 0 heterocycles. The molecule has 1 aromatic carbocycles. The summed E-state index contributed by atoms with van der Waals surface area (Å²) in [5.74, 6) is -0.0631. The lowest BCUT2D eigenvalue weighted by atomic mass is 10.1. The fourth-order valence-electron chi connectivity index (χ4n) is 1.51. The number of nitrogens with one attached hydrogen (secondary N) is 1. The highest BCUT2D eigenvalue weighted by Crippen LogP contribution is 2.33. The van der Waals surface area contributed by atoms with Crippen molar-refractivity contribution in [2.24, 2.45) is 0 Å². The molecule has 0 saturated heterocycles. The number of carboxylic acids is 1. The van der Waals surface area contributed by atoms with Crippen molar-refractivity contribution in [3.63, 3.8) is 0 Å². The number of benzene rings is 1. The standard InChI is InChI=1S/C13H14F3NO2S/c1-2-6-20-7-5-17-9-3-4-11(13(14,15)16)10(8-9)12(18)19/h2-4,8,17H,1,5-7H2,(H,18,19). The van der Waals surface area contributed by atoms with Gasteiger partial charge in [-0.1, -0.05) is 6.08 Å². The van der Waals surface area contributed by atoms with Gasteiger partial charge in [0.2, 0.25) is 0 Å². The number of halogens is 3. The maximum atomic E-state index is 12.6. The summed E-state index contributed by atoms with van der Waals surface area (Å²) in [4.78, 5) is 10.9. The molecule has 1 rings (SSSR count). The number of carboxylic acid groups (broad SMARTS) is 1. The summed E-state index contributed by atoms with van der Waals surface area (Å²) in [5.41, 5.74) is -1.53. The Kier molecular flexibility index (Phi) is 5.94. The van der Waals surface area contributed by atoms with Crippen LogP contribution in [-0.4, -0.2) is 29.1 Å². The van der Waals surface area contributed by atoms with Gasteiger partial charge in [-0.3, -0.25) is 0 Å². The van der Waals surface area contributed by atoms with Gasteiger partial charge in [0.05, 0.1) is 11.1 Å². The number of hydrogen-bond acceptors (Lipinski definition) is 3. The molecule has 7 heteroatoms. The monoisotopic (exact) mass is 305 g/mol. The van der Waals surface area contributed by atoms with E-state index in [1.54, 1.807) is 17.8 Å². The Bertz CT molecular complexity index is 489. The predicted molar refractivity (Wildman–Crippen MR) is 74.4 cm³/mol. The van der Waals surface area contributed by atoms with Crippen molar-refractivity contribution in [1.29, 1.82) is 0 Å². The SMILES string of the molecule is C=CCSCCNc1ccc(C(F)(F)F)c(C(=O)O)c1. The number of rotatable bonds is 7. The number of thioether (sulfide) groups is 1. The van der Waals surface area contributed by atoms with Gasteiger partial charge in [0.25, 0.3) is 0 Å². The van der Waals surface area contributed by atoms with Gasteiger partial charge in [-0.25, -0.2) is 4.79 Å². The molecule has 0 atom stereocenters. The summed E-state index contributed by atoms with van der Waals surface area (Å²) < 4.78 is 37.9. The van der Waals surface area contributed by atoms with Gasteiger partial charge < -0.3 is 10.4 Å². The van der Waals surface area contributed by atoms with Crippen LogP contribution in [0.25, 0.3) is 0 Å². The van der Waals surface area contributed by atoms with Crippen molar-refractivity contribution in [2.75, 3.05) is 23.4 Å². The molecule has 0 aromatic heterocycles. The summed E-state index contributed by atoms with van der Waals surface area (Å²) >= 11 is 1.61. The summed E-state index contributed by atoms with van der Waals surface area (Å²) in [6, 6.07) is 3.01. The predicted octanol–water partition coefficient (Wildman–Crippen LogP) is 3.73. The number of anilines is 1. The van der Waals surface area contributed by atoms with Crippen LogP contribution in [0.3, 0.4) is 0 Å². The fraction of sp³-hybridized carbons (Fsp3) is 0.308. The Labute approximate surface area is 118 Å². The zero-order valence-electron chi connectivity index (χ0n) is 10.5. The molecule has 0 radical (unpaired) electrons. The highest BCUT2D eigenvalue weighted by Gasteiger charge is 2.35. The lowest BCUT2D eigenvalue weighted by molar-refractivity contribution is -0.138. The largest absolute Gasteiger partial charge is 0.478 e. The van der Waals surface area contributed by atoms with E-state index in [-0.39, 0.29) is 0 Å². The summed E-state index contributed by atoms with van der Waals surface area (Å²) in [6.07, 6.45) is -2.92. The average molecular weight is 305 g/mol. The second-order valence-electron chi connectivity index (χ2n) is 3.85. The van der Waals surface area contributed by atoms with Crippen molar-refractivity contribution in [1.82, 2.24) is 0 Å². The normalized spacial score (nSPS) is 11.2. The van der Waals surface area contributed by atoms with Gasteiger partial charge in [-0.2, -0.15) is 24.9 Å². The molecule has 0 unspecified atom stereocenters. The van der Waals surface area contributed by atoms with Crippen LogP contribution in [0.4, 0.5) is 18.9 Å². The van der Waals surface area contributed by atoms with Crippen molar-refractivity contribution in [3.05, 3.63) is 42.0 Å². The van der Waals surface area contributed by atoms with Crippen molar-refractivity contribution >= 4 is 23.4 Å². The van der Waals surface area contributed by atoms with Crippen LogP contribution < -0.4 is 5.32 Å². The first-order valence-electron chi connectivity index (χ1n) is 5.73. The third kappa shape index (κ3) is 4.80. The van der Waals surface area contributed by atoms with E-state index in [1.807, 2.05) is 0 Å². The van der Waals surface area contributed by atoms with Crippen LogP contribution >= 0.6 is 11.8 Å². The van der Waals surface area contributed by atoms with E-state index in [2.05, 4.69) is 11.9 Å². The van der Waals surface area contributed by atoms with E-state index < -0.39 is 23.3 Å². The van der Waals surface area contributed by atoms with E-state index in [0.29, 0.717) is 12.2 Å². The molecule has 110 valence electrons. The second-order valence-corrected chi connectivity index (χ2v) is 5.00. The van der Waals surface area contributed by atoms with Gasteiger partial charge in [0.15, 0.2) is 0 Å². The molecule has 0 fully saturated rings. The van der Waals surface area contributed by atoms with Crippen LogP contribution in [0.5, 0.6) is 0 Å². The second kappa shape index (κ2) is 7.23. The minimum Gasteiger partial charge on any atom is -0.478 e. The third-order valence-corrected chi connectivity index (χ3v) is 3.33. The molecule has 0 aliphatic heterocycles. The van der Waals surface area contributed by atoms with Crippen molar-refractivity contribution < 1.29 is 23.1 Å². The maximum Gasteiger partial charge on any atom is 0.417 e. The Hall–Kier alpha value is -1.63. The fourth-order valence-corrected chi connectivity index (χ4v) is 2.09. The van der Waals surface area contributed by atoms with E-state index in [4.69, 9.17) is 5.11 Å². The maximum absolute atomic E-state index is 12.6. The Balaban J connectivity index is 2.78. The number of hydrogen-bond donors (Lipinski definition) is 2. The van der Waals surface area contributed by atoms with Crippen LogP contribution in [0, 0.1) is 0 Å². The van der Waals surface area contributed by atoms with E-state index in [0.717, 1.165) is 23.6 Å². The van der Waals surface area contributed by atoms with Gasteiger partial charge in [0, 0.05) is 23.7 Å². The minimum atomic E-state index is -4.67. The van der Waals surface area contributed by atoms with E-state index >= 15 is 0 Å². The first kappa shape index (κ1) is 16.4. The molecule has 20 heavy (non-hydrogen) atoms. The molecule has 0 amide bonds. The van der Waals surface area contributed by atoms with Crippen molar-refractivity contribution in [2.45, 2.75) is 6.18 Å². The first-order chi connectivity index (χ1) is 9.36. The van der Waals surface area contributed by atoms with Crippen LogP contribution in [0.2, 0.25) is 0 Å². The third-order valence-electron chi connectivity index (χ3n) is 2.37. The lowest BCUT2D eigenvalue weighted by Crippen LogP contribution is -2.14. The van der Waals surface area contributed by atoms with Crippen LogP contribution in [0.15, 0.2) is 30.9 Å². The van der Waals surface area contributed by atoms with Gasteiger partial charge >= 0.3 is 12.1 Å². The Morgan fingerprint density at radius 1 is 1.45 bits per heavy atom. The summed E-state index contributed by atoms with van der Waals surface area (Å²) in [6.45, 7) is 4.10. The zero-order valence-corrected chi connectivity index (χ0v) is 11.4. The molecule has 0 aliphatic carbocycles. The molecule has 0 saturated carbocycles. The van der Waals surface area contributed by atoms with Crippen molar-refractivity contribution in [3.8, 4) is 0 Å². The summed E-state index contributed by atoms with van der Waals surface area (Å²) in [7, 11) is 0. The first-order valence-corrected chi connectivity index (χ1v) is 6.88. The summed E-state index contributed by atoms with van der Waals surface area (Å²) in [5, 5.41) is 11.7. The number of aromatic carboxylic acids is 1. The van der Waals surface area contributed by atoms with Gasteiger partial charge in [-0.15, -0.1) is 6.58 Å². The number of alkyl halides is 3. The van der Waals surface area contributed by atoms with E-state index in [1.165, 1.54) is 6.07 Å². The smallest absolute Gasteiger partial charge is 0.417 e. The Morgan fingerprint density at radius 3 is 2.70 bits per heavy atom. The lowest BCUT2D eigenvalue weighted by Gasteiger charge is -2.12. The molecule has 3 nitrogen and oxygen atoms in total. The van der Waals surface area contributed by atoms with E-state index in [9.17, 15) is 18.0 Å². The molecular weight excluding hydrogens is 291 g/mol. The van der Waals surface area contributed by atoms with Crippen LogP contribution in [-0.2, 0) is 6.18 Å². The van der Waals surface area contributed by atoms with Gasteiger partial charge in [0.1, 0.15) is 0 Å². The number of carbonyl (C=O) groups is 1. The molecule has 0 aliphatic rings. The minimum absolute atomic E-state index is 0.356. The highest BCUT2D eigenvalue weighted by atomic mass is 32.2. The highest BCUT2D eigenvalue weighted by molar-refractivity contribution is 7.99. The molecule has 0 spiro atoms. The molecule has 2 N–H and O–H groups in total. The van der Waals surface area contributed by atoms with Crippen LogP contribution in [0.1, 0.15) is 15.9 Å². The van der Waals surface area contributed by atoms with Gasteiger partial charge in [-0.05, 0) is 18.2 Å². The average Bonchev–Trinajstić information content (AvgIpc) is 2.37. The molecular formula is C13H14F3NO2S. The quantitative estimate of drug-likeness (QED) is 0.595. The zero-order chi connectivity index (χ0) is 15.2.